The first-order valence-electron chi connectivity index (χ1n) is 8.94. The minimum atomic E-state index is -3.10. The van der Waals surface area contributed by atoms with Crippen LogP contribution in [0.3, 0.4) is 0 Å². The van der Waals surface area contributed by atoms with Gasteiger partial charge in [0.15, 0.2) is 16.4 Å². The Bertz CT molecular complexity index is 1020. The van der Waals surface area contributed by atoms with Gasteiger partial charge in [0.25, 0.3) is 5.91 Å². The van der Waals surface area contributed by atoms with E-state index in [-0.39, 0.29) is 17.5 Å². The molecule has 1 aliphatic heterocycles. The van der Waals surface area contributed by atoms with Crippen LogP contribution < -0.4 is 0 Å². The van der Waals surface area contributed by atoms with Gasteiger partial charge in [-0.3, -0.25) is 9.78 Å². The first-order valence-corrected chi connectivity index (χ1v) is 10.8. The number of aromatic nitrogens is 2. The van der Waals surface area contributed by atoms with Crippen LogP contribution in [0.15, 0.2) is 36.5 Å². The molecule has 0 saturated carbocycles. The van der Waals surface area contributed by atoms with Gasteiger partial charge in [0.1, 0.15) is 0 Å². The van der Waals surface area contributed by atoms with E-state index >= 15 is 0 Å². The highest BCUT2D eigenvalue weighted by molar-refractivity contribution is 7.91. The number of carbonyl (C=O) groups excluding carboxylic acids is 2. The number of hydrogen-bond acceptors (Lipinski definition) is 7. The quantitative estimate of drug-likeness (QED) is 0.527. The predicted octanol–water partition coefficient (Wildman–Crippen LogP) is 1.22. The maximum absolute atomic E-state index is 12.3. The lowest BCUT2D eigenvalue weighted by molar-refractivity contribution is -0.149. The molecule has 1 saturated heterocycles. The molecule has 1 aliphatic rings. The van der Waals surface area contributed by atoms with E-state index in [2.05, 4.69) is 9.97 Å². The van der Waals surface area contributed by atoms with Crippen molar-refractivity contribution in [2.75, 3.05) is 24.7 Å². The van der Waals surface area contributed by atoms with Gasteiger partial charge in [0.2, 0.25) is 0 Å². The van der Waals surface area contributed by atoms with Gasteiger partial charge in [-0.15, -0.1) is 0 Å². The number of esters is 1. The monoisotopic (exact) mass is 403 g/mol. The van der Waals surface area contributed by atoms with Crippen molar-refractivity contribution >= 4 is 38.8 Å². The third kappa shape index (κ3) is 4.92. The summed E-state index contributed by atoms with van der Waals surface area (Å²) >= 11 is 0. The van der Waals surface area contributed by atoms with Crippen molar-refractivity contribution in [1.29, 1.82) is 0 Å². The average Bonchev–Trinajstić information content (AvgIpc) is 3.04. The van der Waals surface area contributed by atoms with Crippen molar-refractivity contribution in [3.8, 4) is 0 Å². The van der Waals surface area contributed by atoms with Crippen LogP contribution in [0.1, 0.15) is 19.0 Å². The summed E-state index contributed by atoms with van der Waals surface area (Å²) in [6.07, 6.45) is 4.60. The fourth-order valence-electron chi connectivity index (χ4n) is 3.13. The molecular weight excluding hydrogens is 382 g/mol. The molecule has 1 fully saturated rings. The lowest BCUT2D eigenvalue weighted by Gasteiger charge is -2.26. The van der Waals surface area contributed by atoms with Crippen molar-refractivity contribution < 1.29 is 22.7 Å². The first kappa shape index (κ1) is 19.9. The molecule has 8 nitrogen and oxygen atoms in total. The molecular formula is C19H21N3O5S. The summed E-state index contributed by atoms with van der Waals surface area (Å²) in [5.74, 6) is -1.05. The van der Waals surface area contributed by atoms with E-state index in [4.69, 9.17) is 4.74 Å². The van der Waals surface area contributed by atoms with Gasteiger partial charge in [-0.25, -0.2) is 18.2 Å². The number of para-hydroxylation sites is 2. The van der Waals surface area contributed by atoms with Crippen LogP contribution in [-0.2, 0) is 24.2 Å². The number of benzene rings is 1. The Kier molecular flexibility index (Phi) is 6.03. The van der Waals surface area contributed by atoms with Crippen molar-refractivity contribution in [2.45, 2.75) is 19.4 Å². The first-order chi connectivity index (χ1) is 13.4. The Balaban J connectivity index is 1.55. The van der Waals surface area contributed by atoms with Gasteiger partial charge in [-0.1, -0.05) is 12.1 Å². The van der Waals surface area contributed by atoms with E-state index < -0.39 is 28.3 Å². The molecule has 1 unspecified atom stereocenters. The Labute approximate surface area is 163 Å². The number of ether oxygens (including phenoxy) is 1. The molecule has 2 heterocycles. The average molecular weight is 403 g/mol. The second-order valence-corrected chi connectivity index (χ2v) is 8.69. The number of carbonyl (C=O) groups is 2. The Morgan fingerprint density at radius 1 is 1.29 bits per heavy atom. The molecule has 148 valence electrons. The summed E-state index contributed by atoms with van der Waals surface area (Å²) in [6, 6.07) is 7.01. The number of hydrogen-bond donors (Lipinski definition) is 0. The van der Waals surface area contributed by atoms with Crippen LogP contribution in [0, 0.1) is 0 Å². The minimum absolute atomic E-state index is 0.0406. The van der Waals surface area contributed by atoms with Crippen LogP contribution >= 0.6 is 0 Å². The number of amides is 1. The highest BCUT2D eigenvalue weighted by atomic mass is 32.2. The van der Waals surface area contributed by atoms with Crippen LogP contribution in [-0.4, -0.2) is 65.9 Å². The minimum Gasteiger partial charge on any atom is -0.452 e. The number of rotatable bonds is 6. The van der Waals surface area contributed by atoms with Gasteiger partial charge in [0.05, 0.1) is 34.4 Å². The molecule has 0 aliphatic carbocycles. The summed E-state index contributed by atoms with van der Waals surface area (Å²) in [5, 5.41) is 0. The molecule has 28 heavy (non-hydrogen) atoms. The highest BCUT2D eigenvalue weighted by Crippen LogP contribution is 2.18. The number of nitrogens with zero attached hydrogens (tertiary/aromatic N) is 3. The smallest absolute Gasteiger partial charge is 0.331 e. The largest absolute Gasteiger partial charge is 0.452 e. The second-order valence-electron chi connectivity index (χ2n) is 6.46. The highest BCUT2D eigenvalue weighted by Gasteiger charge is 2.34. The van der Waals surface area contributed by atoms with Crippen molar-refractivity contribution in [3.63, 3.8) is 0 Å². The Hall–Kier alpha value is -2.81. The normalized spacial score (nSPS) is 18.4. The summed E-state index contributed by atoms with van der Waals surface area (Å²) in [6.45, 7) is 1.69. The summed E-state index contributed by atoms with van der Waals surface area (Å²) in [7, 11) is -3.10. The van der Waals surface area contributed by atoms with Crippen LogP contribution in [0.25, 0.3) is 17.1 Å². The van der Waals surface area contributed by atoms with E-state index in [1.807, 2.05) is 24.3 Å². The summed E-state index contributed by atoms with van der Waals surface area (Å²) < 4.78 is 28.2. The molecule has 0 bridgehead atoms. The molecule has 1 aromatic carbocycles. The predicted molar refractivity (Wildman–Crippen MR) is 104 cm³/mol. The summed E-state index contributed by atoms with van der Waals surface area (Å²) in [4.78, 5) is 34.3. The number of likely N-dealkylation sites (N-methyl/N-ethyl adjacent to an activating group) is 1. The zero-order valence-electron chi connectivity index (χ0n) is 15.4. The van der Waals surface area contributed by atoms with E-state index in [0.29, 0.717) is 24.2 Å². The molecule has 0 radical (unpaired) electrons. The summed E-state index contributed by atoms with van der Waals surface area (Å²) in [5.41, 5.74) is 1.95. The van der Waals surface area contributed by atoms with Crippen LogP contribution in [0.5, 0.6) is 0 Å². The van der Waals surface area contributed by atoms with Crippen molar-refractivity contribution in [2.24, 2.45) is 0 Å². The fourth-order valence-corrected chi connectivity index (χ4v) is 4.86. The number of sulfone groups is 1. The topological polar surface area (TPSA) is 107 Å². The molecule has 3 rings (SSSR count). The van der Waals surface area contributed by atoms with Gasteiger partial charge in [0, 0.05) is 18.7 Å². The Morgan fingerprint density at radius 2 is 2.04 bits per heavy atom. The third-order valence-corrected chi connectivity index (χ3v) is 6.26. The third-order valence-electron chi connectivity index (χ3n) is 4.51. The van der Waals surface area contributed by atoms with Crippen molar-refractivity contribution in [1.82, 2.24) is 14.9 Å². The Morgan fingerprint density at radius 3 is 2.71 bits per heavy atom. The van der Waals surface area contributed by atoms with Gasteiger partial charge in [-0.05, 0) is 31.6 Å². The van der Waals surface area contributed by atoms with Gasteiger partial charge in [-0.2, -0.15) is 0 Å². The van der Waals surface area contributed by atoms with E-state index in [9.17, 15) is 18.0 Å². The van der Waals surface area contributed by atoms with Gasteiger partial charge >= 0.3 is 5.97 Å². The van der Waals surface area contributed by atoms with E-state index in [0.717, 1.165) is 5.52 Å². The fraction of sp³-hybridized carbons (Fsp3) is 0.368. The maximum Gasteiger partial charge on any atom is 0.331 e. The van der Waals surface area contributed by atoms with Gasteiger partial charge < -0.3 is 9.64 Å². The zero-order valence-corrected chi connectivity index (χ0v) is 16.3. The maximum atomic E-state index is 12.3. The molecule has 2 aromatic rings. The second kappa shape index (κ2) is 8.47. The molecule has 1 atom stereocenters. The van der Waals surface area contributed by atoms with Crippen LogP contribution in [0.2, 0.25) is 0 Å². The molecule has 1 amide bonds. The lowest BCUT2D eigenvalue weighted by Crippen LogP contribution is -2.43. The van der Waals surface area contributed by atoms with Crippen molar-refractivity contribution in [3.05, 3.63) is 42.2 Å². The standard InChI is InChI=1S/C19H21N3O5S/c1-2-22(15-9-10-28(25,26)13-15)18(23)12-27-19(24)8-7-14-11-20-16-5-3-4-6-17(16)21-14/h3-8,11,15H,2,9-10,12-13H2,1H3/b8-7+. The SMILES string of the molecule is CCN(C(=O)COC(=O)/C=C/c1cnc2ccccc2n1)C1CCS(=O)(=O)C1. The molecule has 0 N–H and O–H groups in total. The van der Waals surface area contributed by atoms with E-state index in [1.165, 1.54) is 23.2 Å². The number of fused-ring (bicyclic) bond motifs is 1. The van der Waals surface area contributed by atoms with Crippen LogP contribution in [0.4, 0.5) is 0 Å². The molecule has 9 heteroatoms. The lowest BCUT2D eigenvalue weighted by atomic mass is 10.2. The zero-order chi connectivity index (χ0) is 20.1. The molecule has 1 aromatic heterocycles. The molecule has 0 spiro atoms. The van der Waals surface area contributed by atoms with E-state index in [1.54, 1.807) is 6.92 Å².